The Morgan fingerprint density at radius 2 is 1.59 bits per heavy atom. The van der Waals surface area contributed by atoms with Crippen LogP contribution >= 0.6 is 0 Å². The predicted octanol–water partition coefficient (Wildman–Crippen LogP) is 5.02. The Morgan fingerprint density at radius 1 is 0.946 bits per heavy atom. The summed E-state index contributed by atoms with van der Waals surface area (Å²) in [7, 11) is 4.64. The van der Waals surface area contributed by atoms with E-state index in [-0.39, 0.29) is 11.5 Å². The van der Waals surface area contributed by atoms with E-state index in [0.29, 0.717) is 58.2 Å². The van der Waals surface area contributed by atoms with Crippen LogP contribution in [-0.2, 0) is 0 Å². The Labute approximate surface area is 216 Å². The number of hydrogen-bond donors (Lipinski definition) is 0. The summed E-state index contributed by atoms with van der Waals surface area (Å²) in [5.74, 6) is 1.77. The van der Waals surface area contributed by atoms with E-state index in [1.807, 2.05) is 44.2 Å². The van der Waals surface area contributed by atoms with Crippen LogP contribution in [0.3, 0.4) is 0 Å². The van der Waals surface area contributed by atoms with Gasteiger partial charge in [0.1, 0.15) is 23.1 Å². The molecule has 0 N–H and O–H groups in total. The molecule has 1 atom stereocenters. The quantitative estimate of drug-likeness (QED) is 0.320. The van der Waals surface area contributed by atoms with Crippen LogP contribution in [0.25, 0.3) is 16.6 Å². The summed E-state index contributed by atoms with van der Waals surface area (Å²) in [6.45, 7) is 4.34. The molecule has 192 valence electrons. The first-order valence-corrected chi connectivity index (χ1v) is 12.1. The third-order valence-corrected chi connectivity index (χ3v) is 6.29. The molecule has 0 aliphatic rings. The van der Waals surface area contributed by atoms with Gasteiger partial charge in [-0.1, -0.05) is 31.2 Å². The van der Waals surface area contributed by atoms with Gasteiger partial charge in [-0.25, -0.2) is 4.98 Å². The molecule has 1 unspecified atom stereocenters. The van der Waals surface area contributed by atoms with E-state index in [1.54, 1.807) is 67.2 Å². The zero-order valence-corrected chi connectivity index (χ0v) is 21.7. The summed E-state index contributed by atoms with van der Waals surface area (Å²) in [5, 5.41) is 0.482. The summed E-state index contributed by atoms with van der Waals surface area (Å²) in [6.07, 6.45) is 0.712. The third-order valence-electron chi connectivity index (χ3n) is 6.29. The first kappa shape index (κ1) is 25.8. The van der Waals surface area contributed by atoms with E-state index in [2.05, 4.69) is 0 Å². The van der Waals surface area contributed by atoms with Gasteiger partial charge in [-0.3, -0.25) is 14.2 Å². The summed E-state index contributed by atoms with van der Waals surface area (Å²) in [6, 6.07) is 19.0. The van der Waals surface area contributed by atoms with Crippen molar-refractivity contribution in [1.82, 2.24) is 14.5 Å². The van der Waals surface area contributed by atoms with Gasteiger partial charge >= 0.3 is 0 Å². The van der Waals surface area contributed by atoms with E-state index < -0.39 is 6.04 Å². The second-order valence-corrected chi connectivity index (χ2v) is 8.58. The fourth-order valence-corrected chi connectivity index (χ4v) is 4.43. The molecule has 37 heavy (non-hydrogen) atoms. The Kier molecular flexibility index (Phi) is 7.77. The number of methoxy groups -OCH3 is 3. The van der Waals surface area contributed by atoms with Crippen LogP contribution in [0.1, 0.15) is 42.5 Å². The first-order chi connectivity index (χ1) is 17.9. The average Bonchev–Trinajstić information content (AvgIpc) is 2.94. The minimum Gasteiger partial charge on any atom is -0.497 e. The smallest absolute Gasteiger partial charge is 0.266 e. The molecular formula is C29H31N3O5. The highest BCUT2D eigenvalue weighted by atomic mass is 16.5. The topological polar surface area (TPSA) is 82.9 Å². The molecule has 3 aromatic carbocycles. The second kappa shape index (κ2) is 11.2. The molecule has 1 aromatic heterocycles. The van der Waals surface area contributed by atoms with Crippen LogP contribution in [0.15, 0.2) is 71.5 Å². The van der Waals surface area contributed by atoms with Gasteiger partial charge in [0.15, 0.2) is 0 Å². The number of carbonyl (C=O) groups excluding carboxylic acids is 1. The molecule has 0 saturated carbocycles. The normalized spacial score (nSPS) is 11.7. The van der Waals surface area contributed by atoms with Crippen molar-refractivity contribution in [2.75, 3.05) is 27.9 Å². The highest BCUT2D eigenvalue weighted by Gasteiger charge is 2.28. The van der Waals surface area contributed by atoms with Crippen molar-refractivity contribution in [3.63, 3.8) is 0 Å². The second-order valence-electron chi connectivity index (χ2n) is 8.58. The number of benzene rings is 3. The molecule has 8 nitrogen and oxygen atoms in total. The number of rotatable bonds is 9. The van der Waals surface area contributed by atoms with Gasteiger partial charge < -0.3 is 19.1 Å². The van der Waals surface area contributed by atoms with Gasteiger partial charge in [-0.15, -0.1) is 0 Å². The number of amides is 1. The van der Waals surface area contributed by atoms with Crippen LogP contribution in [-0.4, -0.2) is 48.2 Å². The van der Waals surface area contributed by atoms with Crippen LogP contribution in [0.2, 0.25) is 0 Å². The summed E-state index contributed by atoms with van der Waals surface area (Å²) in [5.41, 5.74) is 1.31. The minimum absolute atomic E-state index is 0.222. The van der Waals surface area contributed by atoms with Crippen molar-refractivity contribution in [2.24, 2.45) is 0 Å². The lowest BCUT2D eigenvalue weighted by Crippen LogP contribution is -2.38. The molecule has 0 aliphatic heterocycles. The molecule has 0 fully saturated rings. The lowest BCUT2D eigenvalue weighted by atomic mass is 10.1. The summed E-state index contributed by atoms with van der Waals surface area (Å²) < 4.78 is 17.9. The van der Waals surface area contributed by atoms with Gasteiger partial charge in [0, 0.05) is 18.2 Å². The highest BCUT2D eigenvalue weighted by Crippen LogP contribution is 2.30. The van der Waals surface area contributed by atoms with Crippen molar-refractivity contribution in [1.29, 1.82) is 0 Å². The molecule has 0 spiro atoms. The van der Waals surface area contributed by atoms with Crippen molar-refractivity contribution in [3.05, 3.63) is 88.5 Å². The van der Waals surface area contributed by atoms with Crippen molar-refractivity contribution in [2.45, 2.75) is 26.3 Å². The van der Waals surface area contributed by atoms with Crippen molar-refractivity contribution < 1.29 is 19.0 Å². The lowest BCUT2D eigenvalue weighted by Gasteiger charge is -2.31. The summed E-state index contributed by atoms with van der Waals surface area (Å²) >= 11 is 0. The molecular weight excluding hydrogens is 470 g/mol. The molecule has 0 bridgehead atoms. The number of nitrogens with zero attached hydrogens (tertiary/aromatic N) is 3. The van der Waals surface area contributed by atoms with E-state index in [9.17, 15) is 9.59 Å². The highest BCUT2D eigenvalue weighted by molar-refractivity contribution is 5.95. The fourth-order valence-electron chi connectivity index (χ4n) is 4.43. The average molecular weight is 502 g/mol. The number of fused-ring (bicyclic) bond motifs is 1. The van der Waals surface area contributed by atoms with E-state index in [0.717, 1.165) is 0 Å². The maximum atomic E-state index is 13.9. The number of aromatic nitrogens is 2. The van der Waals surface area contributed by atoms with Crippen molar-refractivity contribution in [3.8, 4) is 22.9 Å². The maximum absolute atomic E-state index is 13.9. The Morgan fingerprint density at radius 3 is 2.24 bits per heavy atom. The van der Waals surface area contributed by atoms with Gasteiger partial charge in [-0.05, 0) is 49.7 Å². The Bertz CT molecular complexity index is 1460. The molecule has 8 heteroatoms. The minimum atomic E-state index is -0.549. The van der Waals surface area contributed by atoms with Crippen LogP contribution in [0.4, 0.5) is 0 Å². The monoisotopic (exact) mass is 501 g/mol. The molecule has 4 rings (SSSR count). The lowest BCUT2D eigenvalue weighted by molar-refractivity contribution is 0.0680. The molecule has 0 aliphatic carbocycles. The van der Waals surface area contributed by atoms with Crippen LogP contribution < -0.4 is 19.8 Å². The number of ether oxygens (including phenoxy) is 3. The molecule has 0 radical (unpaired) electrons. The van der Waals surface area contributed by atoms with Gasteiger partial charge in [-0.2, -0.15) is 0 Å². The number of carbonyl (C=O) groups is 1. The first-order valence-electron chi connectivity index (χ1n) is 12.1. The zero-order valence-electron chi connectivity index (χ0n) is 21.7. The largest absolute Gasteiger partial charge is 0.497 e. The fraction of sp³-hybridized carbons (Fsp3) is 0.276. The zero-order chi connectivity index (χ0) is 26.5. The molecule has 1 amide bonds. The van der Waals surface area contributed by atoms with Crippen LogP contribution in [0.5, 0.6) is 17.2 Å². The van der Waals surface area contributed by atoms with Gasteiger partial charge in [0.2, 0.25) is 0 Å². The Balaban J connectivity index is 1.92. The standard InChI is InChI=1S/C29H31N3O5/c1-6-15-31(28(33)20-16-21(35-3)18-22(17-20)36-4)19(2)27-30-24-12-8-7-11-23(24)29(34)32(27)25-13-9-10-14-26(25)37-5/h7-14,16-19H,6,15H2,1-5H3. The molecule has 1 heterocycles. The maximum Gasteiger partial charge on any atom is 0.266 e. The predicted molar refractivity (Wildman–Crippen MR) is 143 cm³/mol. The van der Waals surface area contributed by atoms with Gasteiger partial charge in [0.25, 0.3) is 11.5 Å². The SMILES string of the molecule is CCCN(C(=O)c1cc(OC)cc(OC)c1)C(C)c1nc2ccccc2c(=O)n1-c1ccccc1OC. The number of para-hydroxylation sites is 3. The van der Waals surface area contributed by atoms with Gasteiger partial charge in [0.05, 0.1) is 44.0 Å². The van der Waals surface area contributed by atoms with Crippen molar-refractivity contribution >= 4 is 16.8 Å². The summed E-state index contributed by atoms with van der Waals surface area (Å²) in [4.78, 5) is 34.3. The van der Waals surface area contributed by atoms with E-state index in [4.69, 9.17) is 19.2 Å². The third kappa shape index (κ3) is 5.00. The number of hydrogen-bond acceptors (Lipinski definition) is 6. The van der Waals surface area contributed by atoms with Crippen LogP contribution in [0, 0.1) is 0 Å². The Hall–Kier alpha value is -4.33. The van der Waals surface area contributed by atoms with E-state index in [1.165, 1.54) is 0 Å². The molecule has 4 aromatic rings. The molecule has 0 saturated heterocycles. The van der Waals surface area contributed by atoms with E-state index >= 15 is 0 Å².